The van der Waals surface area contributed by atoms with Crippen LogP contribution in [0.1, 0.15) is 0 Å². The van der Waals surface area contributed by atoms with Crippen LogP contribution in [-0.4, -0.2) is 0 Å². The summed E-state index contributed by atoms with van der Waals surface area (Å²) >= 11 is 1.88. The smallest absolute Gasteiger partial charge is 0.0540 e. The lowest BCUT2D eigenvalue weighted by Gasteiger charge is -2.30. The van der Waals surface area contributed by atoms with Gasteiger partial charge in [-0.15, -0.1) is 11.3 Å². The van der Waals surface area contributed by atoms with Gasteiger partial charge >= 0.3 is 0 Å². The molecule has 0 unspecified atom stereocenters. The van der Waals surface area contributed by atoms with E-state index in [-0.39, 0.29) is 0 Å². The number of benzene rings is 9. The average molecular weight is 706 g/mol. The lowest BCUT2D eigenvalue weighted by molar-refractivity contribution is 1.28. The van der Waals surface area contributed by atoms with Crippen LogP contribution in [-0.2, 0) is 0 Å². The number of nitrogens with zero attached hydrogens (tertiary/aromatic N) is 1. The molecule has 0 amide bonds. The molecule has 10 aromatic rings. The SMILES string of the molecule is c1ccc(-c2ccc(-c3ccccc3N(c3ccc(-c4cccc5ccccc45)cc3)c3ccccc3-c3cccc4c3sc3ccccc34)cc2)cc1. The fourth-order valence-corrected chi connectivity index (χ4v) is 9.15. The molecule has 2 heteroatoms. The Morgan fingerprint density at radius 3 is 1.61 bits per heavy atom. The highest BCUT2D eigenvalue weighted by Crippen LogP contribution is 2.48. The van der Waals surface area contributed by atoms with E-state index in [4.69, 9.17) is 0 Å². The van der Waals surface area contributed by atoms with E-state index in [2.05, 4.69) is 217 Å². The fourth-order valence-electron chi connectivity index (χ4n) is 7.92. The second kappa shape index (κ2) is 13.7. The van der Waals surface area contributed by atoms with Gasteiger partial charge in [0.1, 0.15) is 0 Å². The third-order valence-corrected chi connectivity index (χ3v) is 11.7. The predicted molar refractivity (Wildman–Crippen MR) is 233 cm³/mol. The second-order valence-corrected chi connectivity index (χ2v) is 14.7. The van der Waals surface area contributed by atoms with Crippen molar-refractivity contribution in [3.63, 3.8) is 0 Å². The third-order valence-electron chi connectivity index (χ3n) is 10.5. The molecule has 0 fully saturated rings. The number of thiophene rings is 1. The summed E-state index contributed by atoms with van der Waals surface area (Å²) in [7, 11) is 0. The van der Waals surface area contributed by atoms with Gasteiger partial charge in [0, 0.05) is 42.6 Å². The zero-order valence-electron chi connectivity index (χ0n) is 29.6. The summed E-state index contributed by atoms with van der Waals surface area (Å²) in [4.78, 5) is 2.45. The summed E-state index contributed by atoms with van der Waals surface area (Å²) in [6.45, 7) is 0. The zero-order chi connectivity index (χ0) is 35.8. The Morgan fingerprint density at radius 2 is 0.796 bits per heavy atom. The largest absolute Gasteiger partial charge is 0.309 e. The Kier molecular flexibility index (Phi) is 8.09. The van der Waals surface area contributed by atoms with Gasteiger partial charge in [0.15, 0.2) is 0 Å². The Bertz CT molecular complexity index is 2920. The molecule has 0 atom stereocenters. The molecule has 0 aliphatic rings. The van der Waals surface area contributed by atoms with Gasteiger partial charge in [-0.05, 0) is 68.9 Å². The van der Waals surface area contributed by atoms with Crippen LogP contribution in [0.15, 0.2) is 212 Å². The number of hydrogen-bond donors (Lipinski definition) is 0. The Labute approximate surface area is 319 Å². The maximum atomic E-state index is 2.45. The van der Waals surface area contributed by atoms with Crippen molar-refractivity contribution in [2.75, 3.05) is 4.90 Å². The molecular weight excluding hydrogens is 671 g/mol. The normalized spacial score (nSPS) is 11.3. The van der Waals surface area contributed by atoms with Crippen molar-refractivity contribution in [3.8, 4) is 44.5 Å². The lowest BCUT2D eigenvalue weighted by Crippen LogP contribution is -2.12. The Balaban J connectivity index is 1.16. The van der Waals surface area contributed by atoms with Crippen LogP contribution in [0.5, 0.6) is 0 Å². The highest BCUT2D eigenvalue weighted by molar-refractivity contribution is 7.26. The van der Waals surface area contributed by atoms with Gasteiger partial charge in [0.05, 0.1) is 11.4 Å². The van der Waals surface area contributed by atoms with Gasteiger partial charge in [-0.25, -0.2) is 0 Å². The highest BCUT2D eigenvalue weighted by Gasteiger charge is 2.22. The average Bonchev–Trinajstić information content (AvgIpc) is 3.64. The molecular formula is C52H35NS. The Morgan fingerprint density at radius 1 is 0.296 bits per heavy atom. The number of fused-ring (bicyclic) bond motifs is 4. The molecule has 0 N–H and O–H groups in total. The second-order valence-electron chi connectivity index (χ2n) is 13.7. The minimum absolute atomic E-state index is 1.10. The Hall–Kier alpha value is -6.74. The number of hydrogen-bond acceptors (Lipinski definition) is 2. The van der Waals surface area contributed by atoms with Crippen molar-refractivity contribution in [1.29, 1.82) is 0 Å². The molecule has 0 saturated heterocycles. The summed E-state index contributed by atoms with van der Waals surface area (Å²) in [6.07, 6.45) is 0. The van der Waals surface area contributed by atoms with Gasteiger partial charge < -0.3 is 4.90 Å². The van der Waals surface area contributed by atoms with Crippen LogP contribution in [0, 0.1) is 0 Å². The summed E-state index contributed by atoms with van der Waals surface area (Å²) < 4.78 is 2.62. The molecule has 10 rings (SSSR count). The van der Waals surface area contributed by atoms with Crippen molar-refractivity contribution in [2.45, 2.75) is 0 Å². The maximum absolute atomic E-state index is 2.45. The lowest BCUT2D eigenvalue weighted by atomic mass is 9.96. The van der Waals surface area contributed by atoms with Gasteiger partial charge in [-0.3, -0.25) is 0 Å². The van der Waals surface area contributed by atoms with E-state index in [1.807, 2.05) is 11.3 Å². The molecule has 0 spiro atoms. The standard InChI is InChI=1S/C52H35NS/c1-2-14-36(15-3-1)37-28-30-40(31-29-37)44-19-6-9-25-49(44)53(41-34-32-39(33-35-41)43-22-12-17-38-16-4-5-18-42(38)43)50-26-10-7-20-45(50)47-23-13-24-48-46-21-8-11-27-51(46)54-52(47)48/h1-35H. The van der Waals surface area contributed by atoms with E-state index in [1.165, 1.54) is 75.5 Å². The third kappa shape index (κ3) is 5.65. The molecule has 0 saturated carbocycles. The number of anilines is 3. The number of para-hydroxylation sites is 2. The first kappa shape index (κ1) is 32.0. The molecule has 254 valence electrons. The fraction of sp³-hybridized carbons (Fsp3) is 0. The van der Waals surface area contributed by atoms with E-state index in [0.717, 1.165) is 17.1 Å². The van der Waals surface area contributed by atoms with E-state index in [0.29, 0.717) is 0 Å². The summed E-state index contributed by atoms with van der Waals surface area (Å²) in [5.41, 5.74) is 13.0. The van der Waals surface area contributed by atoms with Crippen LogP contribution < -0.4 is 4.90 Å². The van der Waals surface area contributed by atoms with Crippen LogP contribution in [0.3, 0.4) is 0 Å². The predicted octanol–water partition coefficient (Wildman–Crippen LogP) is 15.3. The van der Waals surface area contributed by atoms with Gasteiger partial charge in [-0.2, -0.15) is 0 Å². The van der Waals surface area contributed by atoms with E-state index in [9.17, 15) is 0 Å². The molecule has 1 nitrogen and oxygen atoms in total. The van der Waals surface area contributed by atoms with Gasteiger partial charge in [0.2, 0.25) is 0 Å². The van der Waals surface area contributed by atoms with E-state index < -0.39 is 0 Å². The van der Waals surface area contributed by atoms with E-state index >= 15 is 0 Å². The molecule has 0 aliphatic carbocycles. The first-order chi connectivity index (χ1) is 26.8. The van der Waals surface area contributed by atoms with E-state index in [1.54, 1.807) is 0 Å². The van der Waals surface area contributed by atoms with Crippen molar-refractivity contribution in [3.05, 3.63) is 212 Å². The minimum Gasteiger partial charge on any atom is -0.309 e. The molecule has 0 bridgehead atoms. The van der Waals surface area contributed by atoms with Gasteiger partial charge in [0.25, 0.3) is 0 Å². The molecule has 9 aromatic carbocycles. The first-order valence-electron chi connectivity index (χ1n) is 18.4. The molecule has 0 radical (unpaired) electrons. The van der Waals surface area contributed by atoms with Crippen LogP contribution in [0.25, 0.3) is 75.5 Å². The van der Waals surface area contributed by atoms with Crippen LogP contribution in [0.4, 0.5) is 17.1 Å². The summed E-state index contributed by atoms with van der Waals surface area (Å²) in [5, 5.41) is 5.11. The minimum atomic E-state index is 1.10. The van der Waals surface area contributed by atoms with Crippen molar-refractivity contribution in [2.24, 2.45) is 0 Å². The van der Waals surface area contributed by atoms with Crippen LogP contribution in [0.2, 0.25) is 0 Å². The van der Waals surface area contributed by atoms with Gasteiger partial charge in [-0.1, -0.05) is 182 Å². The van der Waals surface area contributed by atoms with Crippen molar-refractivity contribution < 1.29 is 0 Å². The molecule has 1 aromatic heterocycles. The quantitative estimate of drug-likeness (QED) is 0.160. The maximum Gasteiger partial charge on any atom is 0.0540 e. The van der Waals surface area contributed by atoms with Crippen molar-refractivity contribution >= 4 is 59.3 Å². The van der Waals surface area contributed by atoms with Crippen molar-refractivity contribution in [1.82, 2.24) is 0 Å². The molecule has 1 heterocycles. The highest BCUT2D eigenvalue weighted by atomic mass is 32.1. The first-order valence-corrected chi connectivity index (χ1v) is 19.2. The molecule has 0 aliphatic heterocycles. The summed E-state index contributed by atoms with van der Waals surface area (Å²) in [5.74, 6) is 0. The zero-order valence-corrected chi connectivity index (χ0v) is 30.4. The summed E-state index contributed by atoms with van der Waals surface area (Å²) in [6, 6.07) is 77.1. The topological polar surface area (TPSA) is 3.24 Å². The van der Waals surface area contributed by atoms with Crippen LogP contribution >= 0.6 is 11.3 Å². The number of rotatable bonds is 7. The molecule has 54 heavy (non-hydrogen) atoms. The monoisotopic (exact) mass is 705 g/mol.